The highest BCUT2D eigenvalue weighted by molar-refractivity contribution is 7.92. The Bertz CT molecular complexity index is 1050. The second-order valence-electron chi connectivity index (χ2n) is 7.66. The van der Waals surface area contributed by atoms with Crippen molar-refractivity contribution in [2.24, 2.45) is 5.92 Å². The maximum absolute atomic E-state index is 13.0. The molecule has 2 aromatic rings. The molecule has 2 aliphatic heterocycles. The SMILES string of the molecule is COc1cccc(N2CC(C(=O)N3CCC(S(=O)(=O)c4ccccc4)C3)CC2=O)c1. The monoisotopic (exact) mass is 428 g/mol. The van der Waals surface area contributed by atoms with Crippen molar-refractivity contribution in [2.45, 2.75) is 23.0 Å². The number of anilines is 1. The standard InChI is InChI=1S/C22H24N2O5S/c1-29-18-7-5-6-17(13-18)24-14-16(12-21(24)25)22(26)23-11-10-20(15-23)30(27,28)19-8-3-2-4-9-19/h2-9,13,16,20H,10-12,14-15H2,1H3. The number of likely N-dealkylation sites (tertiary alicyclic amines) is 1. The molecule has 0 saturated carbocycles. The molecular formula is C22H24N2O5S. The van der Waals surface area contributed by atoms with Crippen molar-refractivity contribution in [1.82, 2.24) is 4.90 Å². The molecule has 2 atom stereocenters. The number of rotatable bonds is 5. The first-order valence-electron chi connectivity index (χ1n) is 9.92. The van der Waals surface area contributed by atoms with E-state index in [1.165, 1.54) is 0 Å². The highest BCUT2D eigenvalue weighted by Crippen LogP contribution is 2.31. The van der Waals surface area contributed by atoms with E-state index in [2.05, 4.69) is 0 Å². The summed E-state index contributed by atoms with van der Waals surface area (Å²) < 4.78 is 30.9. The summed E-state index contributed by atoms with van der Waals surface area (Å²) >= 11 is 0. The van der Waals surface area contributed by atoms with Crippen LogP contribution in [0.5, 0.6) is 5.75 Å². The van der Waals surface area contributed by atoms with Crippen molar-refractivity contribution in [3.05, 3.63) is 54.6 Å². The van der Waals surface area contributed by atoms with Crippen molar-refractivity contribution >= 4 is 27.3 Å². The Morgan fingerprint density at radius 2 is 1.83 bits per heavy atom. The molecule has 2 heterocycles. The predicted octanol–water partition coefficient (Wildman–Crippen LogP) is 2.12. The van der Waals surface area contributed by atoms with Gasteiger partial charge in [-0.15, -0.1) is 0 Å². The zero-order chi connectivity index (χ0) is 21.3. The Morgan fingerprint density at radius 3 is 2.57 bits per heavy atom. The van der Waals surface area contributed by atoms with Crippen LogP contribution in [0.25, 0.3) is 0 Å². The van der Waals surface area contributed by atoms with Gasteiger partial charge in [0, 0.05) is 37.8 Å². The molecule has 0 bridgehead atoms. The van der Waals surface area contributed by atoms with Crippen LogP contribution < -0.4 is 9.64 Å². The van der Waals surface area contributed by atoms with Gasteiger partial charge in [0.25, 0.3) is 0 Å². The summed E-state index contributed by atoms with van der Waals surface area (Å²) in [4.78, 5) is 29.0. The molecule has 0 radical (unpaired) electrons. The summed E-state index contributed by atoms with van der Waals surface area (Å²) in [6.07, 6.45) is 0.534. The van der Waals surface area contributed by atoms with E-state index >= 15 is 0 Å². The van der Waals surface area contributed by atoms with E-state index in [9.17, 15) is 18.0 Å². The first kappa shape index (κ1) is 20.4. The number of hydrogen-bond donors (Lipinski definition) is 0. The minimum Gasteiger partial charge on any atom is -0.497 e. The van der Waals surface area contributed by atoms with Crippen LogP contribution in [0.1, 0.15) is 12.8 Å². The molecule has 0 N–H and O–H groups in total. The van der Waals surface area contributed by atoms with E-state index in [1.54, 1.807) is 65.4 Å². The van der Waals surface area contributed by atoms with Gasteiger partial charge in [-0.05, 0) is 30.7 Å². The third kappa shape index (κ3) is 3.79. The summed E-state index contributed by atoms with van der Waals surface area (Å²) in [6, 6.07) is 15.5. The molecule has 2 fully saturated rings. The number of methoxy groups -OCH3 is 1. The van der Waals surface area contributed by atoms with Crippen LogP contribution in [0.3, 0.4) is 0 Å². The molecule has 2 unspecified atom stereocenters. The average Bonchev–Trinajstić information content (AvgIpc) is 3.41. The van der Waals surface area contributed by atoms with Crippen LogP contribution in [0.15, 0.2) is 59.5 Å². The number of carbonyl (C=O) groups excluding carboxylic acids is 2. The molecule has 2 aromatic carbocycles. The normalized spacial score (nSPS) is 21.8. The zero-order valence-corrected chi connectivity index (χ0v) is 17.5. The summed E-state index contributed by atoms with van der Waals surface area (Å²) in [5.74, 6) is -0.0979. The van der Waals surface area contributed by atoms with E-state index in [1.807, 2.05) is 6.07 Å². The molecule has 0 spiro atoms. The highest BCUT2D eigenvalue weighted by atomic mass is 32.2. The lowest BCUT2D eigenvalue weighted by Gasteiger charge is -2.21. The molecule has 2 saturated heterocycles. The van der Waals surface area contributed by atoms with E-state index in [-0.39, 0.29) is 36.2 Å². The molecule has 2 amide bonds. The zero-order valence-electron chi connectivity index (χ0n) is 16.7. The van der Waals surface area contributed by atoms with Gasteiger partial charge < -0.3 is 14.5 Å². The maximum Gasteiger partial charge on any atom is 0.228 e. The van der Waals surface area contributed by atoms with Crippen LogP contribution in [0.4, 0.5) is 5.69 Å². The van der Waals surface area contributed by atoms with Crippen molar-refractivity contribution in [1.29, 1.82) is 0 Å². The van der Waals surface area contributed by atoms with E-state index < -0.39 is 21.0 Å². The number of ether oxygens (including phenoxy) is 1. The van der Waals surface area contributed by atoms with Gasteiger partial charge in [-0.1, -0.05) is 24.3 Å². The number of nitrogens with zero attached hydrogens (tertiary/aromatic N) is 2. The van der Waals surface area contributed by atoms with E-state index in [0.29, 0.717) is 24.4 Å². The van der Waals surface area contributed by atoms with Crippen molar-refractivity contribution < 1.29 is 22.7 Å². The summed E-state index contributed by atoms with van der Waals surface area (Å²) in [7, 11) is -1.93. The van der Waals surface area contributed by atoms with Crippen LogP contribution in [-0.4, -0.2) is 57.1 Å². The van der Waals surface area contributed by atoms with Gasteiger partial charge >= 0.3 is 0 Å². The van der Waals surface area contributed by atoms with Crippen molar-refractivity contribution in [3.63, 3.8) is 0 Å². The van der Waals surface area contributed by atoms with E-state index in [4.69, 9.17) is 4.74 Å². The fourth-order valence-electron chi connectivity index (χ4n) is 4.14. The molecule has 4 rings (SSSR count). The molecule has 30 heavy (non-hydrogen) atoms. The number of carbonyl (C=O) groups is 2. The molecule has 7 nitrogen and oxygen atoms in total. The molecular weight excluding hydrogens is 404 g/mol. The van der Waals surface area contributed by atoms with Gasteiger partial charge in [-0.25, -0.2) is 8.42 Å². The van der Waals surface area contributed by atoms with Gasteiger partial charge in [0.2, 0.25) is 11.8 Å². The topological polar surface area (TPSA) is 84.0 Å². The fraction of sp³-hybridized carbons (Fsp3) is 0.364. The molecule has 0 aliphatic carbocycles. The van der Waals surface area contributed by atoms with Crippen LogP contribution in [0, 0.1) is 5.92 Å². The number of hydrogen-bond acceptors (Lipinski definition) is 5. The second kappa shape index (κ2) is 8.10. The highest BCUT2D eigenvalue weighted by Gasteiger charge is 2.41. The number of sulfone groups is 1. The Morgan fingerprint density at radius 1 is 1.07 bits per heavy atom. The van der Waals surface area contributed by atoms with Gasteiger partial charge in [-0.3, -0.25) is 9.59 Å². The minimum absolute atomic E-state index is 0.116. The minimum atomic E-state index is -3.49. The lowest BCUT2D eigenvalue weighted by Crippen LogP contribution is -2.37. The van der Waals surface area contributed by atoms with Gasteiger partial charge in [-0.2, -0.15) is 0 Å². The first-order valence-corrected chi connectivity index (χ1v) is 11.5. The van der Waals surface area contributed by atoms with Gasteiger partial charge in [0.05, 0.1) is 23.2 Å². The molecule has 8 heteroatoms. The number of amides is 2. The maximum atomic E-state index is 13.0. The Balaban J connectivity index is 1.44. The van der Waals surface area contributed by atoms with Crippen molar-refractivity contribution in [2.75, 3.05) is 31.6 Å². The summed E-state index contributed by atoms with van der Waals surface area (Å²) in [5, 5.41) is -0.615. The molecule has 2 aliphatic rings. The summed E-state index contributed by atoms with van der Waals surface area (Å²) in [5.41, 5.74) is 0.695. The average molecular weight is 429 g/mol. The summed E-state index contributed by atoms with van der Waals surface area (Å²) in [6.45, 7) is 0.844. The lowest BCUT2D eigenvalue weighted by atomic mass is 10.1. The quantitative estimate of drug-likeness (QED) is 0.728. The second-order valence-corrected chi connectivity index (χ2v) is 9.89. The van der Waals surface area contributed by atoms with Crippen molar-refractivity contribution in [3.8, 4) is 5.75 Å². The largest absolute Gasteiger partial charge is 0.497 e. The van der Waals surface area contributed by atoms with Crippen LogP contribution in [-0.2, 0) is 19.4 Å². The first-order chi connectivity index (χ1) is 14.4. The molecule has 158 valence electrons. The number of benzene rings is 2. The fourth-order valence-corrected chi connectivity index (χ4v) is 5.86. The Kier molecular flexibility index (Phi) is 5.51. The third-order valence-electron chi connectivity index (χ3n) is 5.81. The predicted molar refractivity (Wildman–Crippen MR) is 112 cm³/mol. The van der Waals surface area contributed by atoms with E-state index in [0.717, 1.165) is 0 Å². The van der Waals surface area contributed by atoms with Gasteiger partial charge in [0.15, 0.2) is 9.84 Å². The Labute approximate surface area is 176 Å². The van der Waals surface area contributed by atoms with Crippen LogP contribution in [0.2, 0.25) is 0 Å². The van der Waals surface area contributed by atoms with Crippen LogP contribution >= 0.6 is 0 Å². The molecule has 0 aromatic heterocycles. The Hall–Kier alpha value is -2.87. The lowest BCUT2D eigenvalue weighted by molar-refractivity contribution is -0.134. The van der Waals surface area contributed by atoms with Gasteiger partial charge in [0.1, 0.15) is 5.75 Å². The third-order valence-corrected chi connectivity index (χ3v) is 8.00. The smallest absolute Gasteiger partial charge is 0.228 e.